The van der Waals surface area contributed by atoms with Crippen LogP contribution in [0.4, 0.5) is 0 Å². The quantitative estimate of drug-likeness (QED) is 0.608. The second-order valence-corrected chi connectivity index (χ2v) is 4.29. The number of aromatic nitrogens is 1. The molecule has 0 spiro atoms. The fourth-order valence-corrected chi connectivity index (χ4v) is 2.19. The summed E-state index contributed by atoms with van der Waals surface area (Å²) in [6, 6.07) is 4.20. The molecule has 0 saturated carbocycles. The highest BCUT2D eigenvalue weighted by atomic mass is 79.9. The molecule has 1 saturated heterocycles. The zero-order valence-corrected chi connectivity index (χ0v) is 10.2. The number of likely N-dealkylation sites (tertiary alicyclic amines) is 1. The van der Waals surface area contributed by atoms with E-state index in [0.717, 1.165) is 6.54 Å². The van der Waals surface area contributed by atoms with Gasteiger partial charge in [-0.15, -0.1) is 0 Å². The molecule has 0 aliphatic carbocycles. The molecule has 1 aromatic heterocycles. The molecule has 0 aromatic carbocycles. The maximum Gasteiger partial charge on any atom is 0.106 e. The van der Waals surface area contributed by atoms with Gasteiger partial charge in [0, 0.05) is 30.8 Å². The highest BCUT2D eigenvalue weighted by Gasteiger charge is 2.26. The van der Waals surface area contributed by atoms with E-state index < -0.39 is 0 Å². The molecule has 0 N–H and O–H groups in total. The lowest BCUT2D eigenvalue weighted by molar-refractivity contribution is -0.910. The van der Waals surface area contributed by atoms with Gasteiger partial charge >= 0.3 is 0 Å². The van der Waals surface area contributed by atoms with Crippen LogP contribution < -0.4 is 17.0 Å². The Balaban J connectivity index is 0.000000980. The van der Waals surface area contributed by atoms with Crippen molar-refractivity contribution < 1.29 is 21.5 Å². The van der Waals surface area contributed by atoms with Crippen LogP contribution >= 0.6 is 0 Å². The van der Waals surface area contributed by atoms with Gasteiger partial charge in [0.1, 0.15) is 6.54 Å². The first-order chi connectivity index (χ1) is 6.29. The summed E-state index contributed by atoms with van der Waals surface area (Å²) < 4.78 is 1.20. The average molecular weight is 257 g/mol. The summed E-state index contributed by atoms with van der Waals surface area (Å²) in [5.74, 6) is 0. The summed E-state index contributed by atoms with van der Waals surface area (Å²) in [5.41, 5.74) is 1.37. The SMILES string of the molecule is C[N+]1(Cc2cccnc2)CCCC1.[Br-]. The predicted octanol–water partition coefficient (Wildman–Crippen LogP) is -1.17. The second-order valence-electron chi connectivity index (χ2n) is 4.29. The molecule has 0 unspecified atom stereocenters. The molecule has 0 radical (unpaired) electrons. The van der Waals surface area contributed by atoms with Gasteiger partial charge in [-0.2, -0.15) is 0 Å². The molecule has 14 heavy (non-hydrogen) atoms. The van der Waals surface area contributed by atoms with Gasteiger partial charge in [-0.25, -0.2) is 0 Å². The first kappa shape index (κ1) is 11.7. The van der Waals surface area contributed by atoms with Crippen LogP contribution in [-0.2, 0) is 6.54 Å². The van der Waals surface area contributed by atoms with E-state index in [0.29, 0.717) is 0 Å². The van der Waals surface area contributed by atoms with E-state index in [1.807, 2.05) is 18.5 Å². The molecule has 1 aliphatic heterocycles. The summed E-state index contributed by atoms with van der Waals surface area (Å²) in [4.78, 5) is 4.15. The Kier molecular flexibility index (Phi) is 4.08. The van der Waals surface area contributed by atoms with Gasteiger partial charge in [-0.3, -0.25) is 4.98 Å². The van der Waals surface area contributed by atoms with E-state index in [1.54, 1.807) is 0 Å². The molecule has 1 aromatic rings. The number of hydrogen-bond acceptors (Lipinski definition) is 1. The minimum Gasteiger partial charge on any atom is -1.00 e. The molecule has 0 amide bonds. The van der Waals surface area contributed by atoms with E-state index >= 15 is 0 Å². The Bertz CT molecular complexity index is 268. The van der Waals surface area contributed by atoms with Crippen molar-refractivity contribution >= 4 is 0 Å². The van der Waals surface area contributed by atoms with E-state index in [-0.39, 0.29) is 17.0 Å². The third-order valence-corrected chi connectivity index (χ3v) is 2.93. The fourth-order valence-electron chi connectivity index (χ4n) is 2.19. The monoisotopic (exact) mass is 256 g/mol. The minimum absolute atomic E-state index is 0. The summed E-state index contributed by atoms with van der Waals surface area (Å²) in [5, 5.41) is 0. The number of quaternary nitrogens is 1. The zero-order chi connectivity index (χ0) is 9.15. The fraction of sp³-hybridized carbons (Fsp3) is 0.545. The molecule has 3 heteroatoms. The average Bonchev–Trinajstić information content (AvgIpc) is 2.54. The number of pyridine rings is 1. The molecule has 0 atom stereocenters. The minimum atomic E-state index is 0. The molecule has 78 valence electrons. The van der Waals surface area contributed by atoms with Crippen molar-refractivity contribution in [2.45, 2.75) is 19.4 Å². The van der Waals surface area contributed by atoms with Crippen LogP contribution in [0, 0.1) is 0 Å². The van der Waals surface area contributed by atoms with Crippen LogP contribution in [0.15, 0.2) is 24.5 Å². The van der Waals surface area contributed by atoms with Crippen molar-refractivity contribution in [3.8, 4) is 0 Å². The molecule has 1 fully saturated rings. The lowest BCUT2D eigenvalue weighted by atomic mass is 10.2. The first-order valence-electron chi connectivity index (χ1n) is 5.01. The van der Waals surface area contributed by atoms with Crippen LogP contribution in [0.2, 0.25) is 0 Å². The smallest absolute Gasteiger partial charge is 0.106 e. The van der Waals surface area contributed by atoms with Crippen molar-refractivity contribution in [1.29, 1.82) is 0 Å². The Morgan fingerprint density at radius 2 is 2.07 bits per heavy atom. The molecular weight excluding hydrogens is 240 g/mol. The Hall–Kier alpha value is -0.410. The standard InChI is InChI=1S/C11H17N2.BrH/c1-13(7-2-3-8-13)10-11-5-4-6-12-9-11;/h4-6,9H,2-3,7-8,10H2,1H3;1H/q+1;/p-1. The maximum atomic E-state index is 4.15. The van der Waals surface area contributed by atoms with Gasteiger partial charge in [-0.05, 0) is 6.07 Å². The highest BCUT2D eigenvalue weighted by molar-refractivity contribution is 5.06. The van der Waals surface area contributed by atoms with E-state index in [1.165, 1.54) is 36.0 Å². The summed E-state index contributed by atoms with van der Waals surface area (Å²) >= 11 is 0. The second kappa shape index (κ2) is 4.89. The number of rotatable bonds is 2. The van der Waals surface area contributed by atoms with Crippen molar-refractivity contribution in [2.75, 3.05) is 20.1 Å². The van der Waals surface area contributed by atoms with Crippen molar-refractivity contribution in [3.05, 3.63) is 30.1 Å². The predicted molar refractivity (Wildman–Crippen MR) is 53.1 cm³/mol. The van der Waals surface area contributed by atoms with Gasteiger partial charge in [-0.1, -0.05) is 6.07 Å². The third kappa shape index (κ3) is 2.79. The van der Waals surface area contributed by atoms with Crippen molar-refractivity contribution in [1.82, 2.24) is 4.98 Å². The third-order valence-electron chi connectivity index (χ3n) is 2.93. The molecule has 2 heterocycles. The lowest BCUT2D eigenvalue weighted by Crippen LogP contribution is -3.00. The van der Waals surface area contributed by atoms with Crippen LogP contribution in [0.1, 0.15) is 18.4 Å². The molecular formula is C11H17BrN2. The van der Waals surface area contributed by atoms with Crippen LogP contribution in [0.3, 0.4) is 0 Å². The maximum absolute atomic E-state index is 4.15. The Labute approximate surface area is 96.3 Å². The van der Waals surface area contributed by atoms with Gasteiger partial charge in [0.25, 0.3) is 0 Å². The Morgan fingerprint density at radius 3 is 2.64 bits per heavy atom. The van der Waals surface area contributed by atoms with Gasteiger partial charge in [0.2, 0.25) is 0 Å². The van der Waals surface area contributed by atoms with E-state index in [9.17, 15) is 0 Å². The van der Waals surface area contributed by atoms with Crippen LogP contribution in [0.5, 0.6) is 0 Å². The van der Waals surface area contributed by atoms with Gasteiger partial charge in [0.05, 0.1) is 20.1 Å². The molecule has 2 nitrogen and oxygen atoms in total. The number of halogens is 1. The number of hydrogen-bond donors (Lipinski definition) is 0. The summed E-state index contributed by atoms with van der Waals surface area (Å²) in [6.07, 6.45) is 6.60. The van der Waals surface area contributed by atoms with Crippen LogP contribution in [-0.4, -0.2) is 29.6 Å². The largest absolute Gasteiger partial charge is 1.00 e. The number of nitrogens with zero attached hydrogens (tertiary/aromatic N) is 2. The van der Waals surface area contributed by atoms with Crippen molar-refractivity contribution in [3.63, 3.8) is 0 Å². The Morgan fingerprint density at radius 1 is 1.36 bits per heavy atom. The van der Waals surface area contributed by atoms with E-state index in [4.69, 9.17) is 0 Å². The molecule has 0 bridgehead atoms. The van der Waals surface area contributed by atoms with Crippen LogP contribution in [0.25, 0.3) is 0 Å². The highest BCUT2D eigenvalue weighted by Crippen LogP contribution is 2.19. The summed E-state index contributed by atoms with van der Waals surface area (Å²) in [7, 11) is 2.35. The first-order valence-corrected chi connectivity index (χ1v) is 5.01. The molecule has 2 rings (SSSR count). The topological polar surface area (TPSA) is 12.9 Å². The summed E-state index contributed by atoms with van der Waals surface area (Å²) in [6.45, 7) is 3.80. The van der Waals surface area contributed by atoms with E-state index in [2.05, 4.69) is 18.1 Å². The van der Waals surface area contributed by atoms with Crippen molar-refractivity contribution in [2.24, 2.45) is 0 Å². The van der Waals surface area contributed by atoms with Gasteiger partial charge in [0.15, 0.2) is 0 Å². The molecule has 1 aliphatic rings. The zero-order valence-electron chi connectivity index (χ0n) is 8.62. The van der Waals surface area contributed by atoms with Gasteiger partial charge < -0.3 is 21.5 Å². The normalized spacial score (nSPS) is 18.9. The lowest BCUT2D eigenvalue weighted by Gasteiger charge is -2.28.